The summed E-state index contributed by atoms with van der Waals surface area (Å²) >= 11 is 0. The van der Waals surface area contributed by atoms with Crippen LogP contribution in [0, 0.1) is 5.92 Å². The standard InChI is InChI=1S/C8H13NO/c1-9-7-3-2-6(4-7)8(9)5-10/h5-8H,2-4H2,1H3/t6?,7-,8+/m0/s1. The van der Waals surface area contributed by atoms with Crippen molar-refractivity contribution in [2.75, 3.05) is 7.05 Å². The molecule has 1 aliphatic heterocycles. The highest BCUT2D eigenvalue weighted by Crippen LogP contribution is 2.40. The Labute approximate surface area is 61.2 Å². The fourth-order valence-electron chi connectivity index (χ4n) is 2.45. The van der Waals surface area contributed by atoms with Crippen LogP contribution in [0.3, 0.4) is 0 Å². The van der Waals surface area contributed by atoms with Crippen molar-refractivity contribution < 1.29 is 4.79 Å². The molecule has 2 rings (SSSR count). The SMILES string of the molecule is CN1[C@H]2CCC(C2)[C@H]1C=O. The fraction of sp³-hybridized carbons (Fsp3) is 0.875. The Kier molecular flexibility index (Phi) is 1.31. The number of fused-ring (bicyclic) bond motifs is 2. The van der Waals surface area contributed by atoms with Gasteiger partial charge in [0.1, 0.15) is 6.29 Å². The van der Waals surface area contributed by atoms with Crippen LogP contribution in [0.5, 0.6) is 0 Å². The Morgan fingerprint density at radius 1 is 1.50 bits per heavy atom. The van der Waals surface area contributed by atoms with Gasteiger partial charge in [-0.05, 0) is 32.2 Å². The van der Waals surface area contributed by atoms with Crippen molar-refractivity contribution >= 4 is 6.29 Å². The van der Waals surface area contributed by atoms with E-state index < -0.39 is 0 Å². The van der Waals surface area contributed by atoms with Gasteiger partial charge in [-0.1, -0.05) is 0 Å². The average Bonchev–Trinajstić information content (AvgIpc) is 2.46. The molecule has 2 nitrogen and oxygen atoms in total. The lowest BCUT2D eigenvalue weighted by Gasteiger charge is -2.27. The molecule has 0 spiro atoms. The molecule has 1 aliphatic carbocycles. The summed E-state index contributed by atoms with van der Waals surface area (Å²) in [6.45, 7) is 0. The zero-order valence-corrected chi connectivity index (χ0v) is 6.29. The molecule has 1 heterocycles. The van der Waals surface area contributed by atoms with E-state index in [1.54, 1.807) is 0 Å². The number of hydrogen-bond acceptors (Lipinski definition) is 2. The van der Waals surface area contributed by atoms with Gasteiger partial charge in [-0.2, -0.15) is 0 Å². The third-order valence-corrected chi connectivity index (χ3v) is 3.11. The van der Waals surface area contributed by atoms with Crippen molar-refractivity contribution in [2.45, 2.75) is 31.3 Å². The first kappa shape index (κ1) is 6.35. The van der Waals surface area contributed by atoms with Crippen molar-refractivity contribution in [3.63, 3.8) is 0 Å². The van der Waals surface area contributed by atoms with Gasteiger partial charge in [0.05, 0.1) is 6.04 Å². The van der Waals surface area contributed by atoms with E-state index in [1.807, 2.05) is 0 Å². The van der Waals surface area contributed by atoms with E-state index >= 15 is 0 Å². The van der Waals surface area contributed by atoms with Crippen LogP contribution in [0.1, 0.15) is 19.3 Å². The van der Waals surface area contributed by atoms with Crippen LogP contribution < -0.4 is 0 Å². The van der Waals surface area contributed by atoms with Gasteiger partial charge in [-0.3, -0.25) is 4.90 Å². The van der Waals surface area contributed by atoms with E-state index in [0.717, 1.165) is 12.3 Å². The molecule has 0 aromatic heterocycles. The molecule has 10 heavy (non-hydrogen) atoms. The first-order valence-corrected chi connectivity index (χ1v) is 4.00. The molecule has 1 saturated heterocycles. The minimum Gasteiger partial charge on any atom is -0.302 e. The smallest absolute Gasteiger partial charge is 0.137 e. The Hall–Kier alpha value is -0.370. The molecule has 2 fully saturated rings. The Balaban J connectivity index is 2.16. The summed E-state index contributed by atoms with van der Waals surface area (Å²) in [5, 5.41) is 0. The second kappa shape index (κ2) is 2.06. The average molecular weight is 139 g/mol. The van der Waals surface area contributed by atoms with E-state index in [4.69, 9.17) is 0 Å². The number of likely N-dealkylation sites (tertiary alicyclic amines) is 1. The Bertz CT molecular complexity index is 155. The predicted octanol–water partition coefficient (Wildman–Crippen LogP) is 0.668. The molecular formula is C8H13NO. The van der Waals surface area contributed by atoms with Crippen LogP contribution >= 0.6 is 0 Å². The maximum Gasteiger partial charge on any atom is 0.137 e. The summed E-state index contributed by atoms with van der Waals surface area (Å²) in [7, 11) is 2.07. The normalized spacial score (nSPS) is 46.3. The van der Waals surface area contributed by atoms with Crippen LogP contribution in [0.25, 0.3) is 0 Å². The quantitative estimate of drug-likeness (QED) is 0.498. The number of carbonyl (C=O) groups excluding carboxylic acids is 1. The molecule has 0 amide bonds. The number of piperidine rings is 1. The number of likely N-dealkylation sites (N-methyl/N-ethyl adjacent to an activating group) is 1. The second-order valence-electron chi connectivity index (χ2n) is 3.52. The van der Waals surface area contributed by atoms with Gasteiger partial charge < -0.3 is 4.79 Å². The van der Waals surface area contributed by atoms with Gasteiger partial charge in [0.25, 0.3) is 0 Å². The maximum absolute atomic E-state index is 10.6. The number of rotatable bonds is 1. The van der Waals surface area contributed by atoms with Crippen molar-refractivity contribution in [3.05, 3.63) is 0 Å². The number of nitrogens with zero attached hydrogens (tertiary/aromatic N) is 1. The maximum atomic E-state index is 10.6. The van der Waals surface area contributed by atoms with Gasteiger partial charge in [0.15, 0.2) is 0 Å². The molecule has 0 aromatic rings. The van der Waals surface area contributed by atoms with Crippen LogP contribution in [0.4, 0.5) is 0 Å². The molecule has 2 bridgehead atoms. The van der Waals surface area contributed by atoms with Crippen LogP contribution in [-0.4, -0.2) is 30.3 Å². The van der Waals surface area contributed by atoms with Gasteiger partial charge in [-0.25, -0.2) is 0 Å². The highest BCUT2D eigenvalue weighted by Gasteiger charge is 2.43. The zero-order valence-electron chi connectivity index (χ0n) is 6.29. The van der Waals surface area contributed by atoms with Crippen molar-refractivity contribution in [2.24, 2.45) is 5.92 Å². The van der Waals surface area contributed by atoms with Crippen molar-refractivity contribution in [3.8, 4) is 0 Å². The Morgan fingerprint density at radius 2 is 2.30 bits per heavy atom. The predicted molar refractivity (Wildman–Crippen MR) is 38.7 cm³/mol. The van der Waals surface area contributed by atoms with Crippen LogP contribution in [0.15, 0.2) is 0 Å². The van der Waals surface area contributed by atoms with Gasteiger partial charge in [0, 0.05) is 6.04 Å². The Morgan fingerprint density at radius 3 is 2.70 bits per heavy atom. The van der Waals surface area contributed by atoms with E-state index in [2.05, 4.69) is 11.9 Å². The highest BCUT2D eigenvalue weighted by atomic mass is 16.1. The molecule has 1 saturated carbocycles. The van der Waals surface area contributed by atoms with E-state index in [0.29, 0.717) is 5.92 Å². The monoisotopic (exact) mass is 139 g/mol. The summed E-state index contributed by atoms with van der Waals surface area (Å²) in [4.78, 5) is 12.8. The lowest BCUT2D eigenvalue weighted by molar-refractivity contribution is -0.113. The summed E-state index contributed by atoms with van der Waals surface area (Å²) in [5.74, 6) is 0.687. The van der Waals surface area contributed by atoms with Crippen LogP contribution in [0.2, 0.25) is 0 Å². The largest absolute Gasteiger partial charge is 0.302 e. The first-order chi connectivity index (χ1) is 4.83. The molecule has 2 aliphatic rings. The minimum absolute atomic E-state index is 0.249. The third kappa shape index (κ3) is 0.655. The molecule has 0 N–H and O–H groups in total. The van der Waals surface area contributed by atoms with Gasteiger partial charge >= 0.3 is 0 Å². The number of carbonyl (C=O) groups is 1. The highest BCUT2D eigenvalue weighted by molar-refractivity contribution is 5.59. The van der Waals surface area contributed by atoms with Crippen molar-refractivity contribution in [1.82, 2.24) is 4.90 Å². The summed E-state index contributed by atoms with van der Waals surface area (Å²) in [6, 6.07) is 0.971. The summed E-state index contributed by atoms with van der Waals surface area (Å²) in [6.07, 6.45) is 4.97. The fourth-order valence-corrected chi connectivity index (χ4v) is 2.45. The molecule has 1 unspecified atom stereocenters. The molecule has 56 valence electrons. The lowest BCUT2D eigenvalue weighted by atomic mass is 10.0. The molecule has 2 heteroatoms. The second-order valence-corrected chi connectivity index (χ2v) is 3.52. The molecule has 3 atom stereocenters. The zero-order chi connectivity index (χ0) is 7.14. The number of aldehydes is 1. The lowest BCUT2D eigenvalue weighted by Crippen LogP contribution is -2.38. The van der Waals surface area contributed by atoms with Gasteiger partial charge in [0.2, 0.25) is 0 Å². The number of hydrogen-bond donors (Lipinski definition) is 0. The first-order valence-electron chi connectivity index (χ1n) is 4.00. The third-order valence-electron chi connectivity index (χ3n) is 3.11. The summed E-state index contributed by atoms with van der Waals surface area (Å²) in [5.41, 5.74) is 0. The molecule has 0 radical (unpaired) electrons. The van der Waals surface area contributed by atoms with E-state index in [-0.39, 0.29) is 6.04 Å². The molecule has 0 aromatic carbocycles. The van der Waals surface area contributed by atoms with Gasteiger partial charge in [-0.15, -0.1) is 0 Å². The van der Waals surface area contributed by atoms with Crippen LogP contribution in [-0.2, 0) is 4.79 Å². The summed E-state index contributed by atoms with van der Waals surface area (Å²) < 4.78 is 0. The van der Waals surface area contributed by atoms with Crippen molar-refractivity contribution in [1.29, 1.82) is 0 Å². The van der Waals surface area contributed by atoms with E-state index in [1.165, 1.54) is 19.3 Å². The molecular weight excluding hydrogens is 126 g/mol. The minimum atomic E-state index is 0.249. The van der Waals surface area contributed by atoms with E-state index in [9.17, 15) is 4.79 Å². The topological polar surface area (TPSA) is 20.3 Å².